The van der Waals surface area contributed by atoms with Gasteiger partial charge in [-0.15, -0.1) is 11.3 Å². The molecule has 0 bridgehead atoms. The van der Waals surface area contributed by atoms with Crippen LogP contribution in [0.5, 0.6) is 0 Å². The summed E-state index contributed by atoms with van der Waals surface area (Å²) >= 11 is 1.86. The van der Waals surface area contributed by atoms with Crippen molar-refractivity contribution < 1.29 is 0 Å². The molecule has 0 unspecified atom stereocenters. The molecule has 84 valence electrons. The zero-order valence-electron chi connectivity index (χ0n) is 10.0. The fourth-order valence-electron chi connectivity index (χ4n) is 1.70. The first-order valence-corrected chi connectivity index (χ1v) is 6.33. The third-order valence-electron chi connectivity index (χ3n) is 2.80. The third-order valence-corrected chi connectivity index (χ3v) is 3.94. The van der Waals surface area contributed by atoms with Crippen LogP contribution in [0, 0.1) is 13.8 Å². The van der Waals surface area contributed by atoms with Gasteiger partial charge in [0, 0.05) is 16.3 Å². The summed E-state index contributed by atoms with van der Waals surface area (Å²) in [5.41, 5.74) is 4.05. The second-order valence-electron chi connectivity index (χ2n) is 4.10. The highest BCUT2D eigenvalue weighted by atomic mass is 32.1. The number of hydrogen-bond acceptors (Lipinski definition) is 2. The van der Waals surface area contributed by atoms with Gasteiger partial charge in [0.1, 0.15) is 0 Å². The van der Waals surface area contributed by atoms with Crippen LogP contribution < -0.4 is 5.32 Å². The van der Waals surface area contributed by atoms with Gasteiger partial charge in [0.15, 0.2) is 0 Å². The van der Waals surface area contributed by atoms with Crippen LogP contribution in [0.3, 0.4) is 0 Å². The smallest absolute Gasteiger partial charge is 0.0346 e. The predicted octanol–water partition coefficient (Wildman–Crippen LogP) is 3.75. The van der Waals surface area contributed by atoms with E-state index in [1.807, 2.05) is 18.4 Å². The molecule has 0 amide bonds. The largest absolute Gasteiger partial charge is 0.315 e. The highest BCUT2D eigenvalue weighted by molar-refractivity contribution is 7.15. The summed E-state index contributed by atoms with van der Waals surface area (Å²) in [6.07, 6.45) is 0. The zero-order valence-corrected chi connectivity index (χ0v) is 10.8. The lowest BCUT2D eigenvalue weighted by Crippen LogP contribution is -2.02. The number of rotatable bonds is 3. The van der Waals surface area contributed by atoms with Crippen LogP contribution in [-0.4, -0.2) is 7.05 Å². The molecule has 0 saturated carbocycles. The van der Waals surface area contributed by atoms with Crippen molar-refractivity contribution in [3.8, 4) is 10.4 Å². The molecule has 1 aromatic carbocycles. The van der Waals surface area contributed by atoms with E-state index in [1.54, 1.807) is 0 Å². The third kappa shape index (κ3) is 2.34. The maximum Gasteiger partial charge on any atom is 0.0346 e. The average molecular weight is 231 g/mol. The second-order valence-corrected chi connectivity index (χ2v) is 5.26. The first-order chi connectivity index (χ1) is 7.70. The van der Waals surface area contributed by atoms with Crippen LogP contribution in [0.15, 0.2) is 30.3 Å². The average Bonchev–Trinajstić information content (AvgIpc) is 2.71. The van der Waals surface area contributed by atoms with Gasteiger partial charge in [-0.05, 0) is 49.7 Å². The van der Waals surface area contributed by atoms with Crippen molar-refractivity contribution in [1.29, 1.82) is 0 Å². The molecule has 0 aliphatic rings. The molecule has 1 nitrogen and oxygen atoms in total. The van der Waals surface area contributed by atoms with E-state index in [-0.39, 0.29) is 0 Å². The molecule has 0 aliphatic carbocycles. The number of thiophene rings is 1. The normalized spacial score (nSPS) is 10.7. The Balaban J connectivity index is 2.31. The number of hydrogen-bond donors (Lipinski definition) is 1. The van der Waals surface area contributed by atoms with Crippen molar-refractivity contribution in [2.45, 2.75) is 20.4 Å². The van der Waals surface area contributed by atoms with E-state index in [1.165, 1.54) is 26.4 Å². The van der Waals surface area contributed by atoms with Crippen LogP contribution in [0.2, 0.25) is 0 Å². The monoisotopic (exact) mass is 231 g/mol. The second kappa shape index (κ2) is 4.81. The van der Waals surface area contributed by atoms with Gasteiger partial charge < -0.3 is 5.32 Å². The van der Waals surface area contributed by atoms with Gasteiger partial charge in [-0.2, -0.15) is 0 Å². The molecule has 0 atom stereocenters. The van der Waals surface area contributed by atoms with Crippen LogP contribution in [0.25, 0.3) is 10.4 Å². The minimum Gasteiger partial charge on any atom is -0.315 e. The Morgan fingerprint density at radius 2 is 1.88 bits per heavy atom. The van der Waals surface area contributed by atoms with E-state index < -0.39 is 0 Å². The number of benzene rings is 1. The van der Waals surface area contributed by atoms with Gasteiger partial charge in [-0.1, -0.05) is 18.2 Å². The number of nitrogens with one attached hydrogen (secondary N) is 1. The SMILES string of the molecule is CNCc1ccc(-c2ccc(C)c(C)c2)s1. The Bertz CT molecular complexity index is 485. The van der Waals surface area contributed by atoms with Crippen LogP contribution >= 0.6 is 11.3 Å². The van der Waals surface area contributed by atoms with Crippen LogP contribution in [0.1, 0.15) is 16.0 Å². The first kappa shape index (κ1) is 11.4. The molecule has 0 fully saturated rings. The Morgan fingerprint density at radius 3 is 2.56 bits per heavy atom. The Kier molecular flexibility index (Phi) is 3.42. The quantitative estimate of drug-likeness (QED) is 0.848. The summed E-state index contributed by atoms with van der Waals surface area (Å²) in [7, 11) is 1.98. The molecular formula is C14H17NS. The molecule has 2 aromatic rings. The summed E-state index contributed by atoms with van der Waals surface area (Å²) < 4.78 is 0. The zero-order chi connectivity index (χ0) is 11.5. The first-order valence-electron chi connectivity index (χ1n) is 5.51. The molecule has 2 rings (SSSR count). The van der Waals surface area contributed by atoms with Crippen molar-refractivity contribution in [2.24, 2.45) is 0 Å². The molecule has 0 radical (unpaired) electrons. The summed E-state index contributed by atoms with van der Waals surface area (Å²) in [5, 5.41) is 3.18. The Morgan fingerprint density at radius 1 is 1.06 bits per heavy atom. The van der Waals surface area contributed by atoms with E-state index in [0.717, 1.165) is 6.54 Å². The topological polar surface area (TPSA) is 12.0 Å². The van der Waals surface area contributed by atoms with E-state index >= 15 is 0 Å². The van der Waals surface area contributed by atoms with E-state index in [4.69, 9.17) is 0 Å². The van der Waals surface area contributed by atoms with Crippen molar-refractivity contribution >= 4 is 11.3 Å². The van der Waals surface area contributed by atoms with Crippen molar-refractivity contribution in [3.05, 3.63) is 46.3 Å². The van der Waals surface area contributed by atoms with Gasteiger partial charge in [0.05, 0.1) is 0 Å². The maximum absolute atomic E-state index is 3.18. The fourth-order valence-corrected chi connectivity index (χ4v) is 2.71. The van der Waals surface area contributed by atoms with Gasteiger partial charge in [-0.3, -0.25) is 0 Å². The summed E-state index contributed by atoms with van der Waals surface area (Å²) in [6, 6.07) is 11.1. The molecule has 0 saturated heterocycles. The maximum atomic E-state index is 3.18. The standard InChI is InChI=1S/C14H17NS/c1-10-4-5-12(8-11(10)2)14-7-6-13(16-14)9-15-3/h4-8,15H,9H2,1-3H3. The lowest BCUT2D eigenvalue weighted by molar-refractivity contribution is 0.831. The predicted molar refractivity (Wildman–Crippen MR) is 72.0 cm³/mol. The molecule has 1 heterocycles. The summed E-state index contributed by atoms with van der Waals surface area (Å²) in [5.74, 6) is 0. The molecule has 2 heteroatoms. The Hall–Kier alpha value is -1.12. The van der Waals surface area contributed by atoms with Gasteiger partial charge in [0.2, 0.25) is 0 Å². The summed E-state index contributed by atoms with van der Waals surface area (Å²) in [4.78, 5) is 2.74. The lowest BCUT2D eigenvalue weighted by atomic mass is 10.1. The minimum absolute atomic E-state index is 0.954. The van der Waals surface area contributed by atoms with Gasteiger partial charge in [0.25, 0.3) is 0 Å². The Labute approximate surface area is 101 Å². The molecule has 16 heavy (non-hydrogen) atoms. The lowest BCUT2D eigenvalue weighted by Gasteiger charge is -2.02. The van der Waals surface area contributed by atoms with Gasteiger partial charge >= 0.3 is 0 Å². The molecule has 1 N–H and O–H groups in total. The molecule has 1 aromatic heterocycles. The van der Waals surface area contributed by atoms with Crippen molar-refractivity contribution in [1.82, 2.24) is 5.32 Å². The van der Waals surface area contributed by atoms with E-state index in [9.17, 15) is 0 Å². The molecule has 0 aliphatic heterocycles. The highest BCUT2D eigenvalue weighted by Crippen LogP contribution is 2.29. The van der Waals surface area contributed by atoms with Crippen molar-refractivity contribution in [2.75, 3.05) is 7.05 Å². The summed E-state index contributed by atoms with van der Waals surface area (Å²) in [6.45, 7) is 5.27. The van der Waals surface area contributed by atoms with Crippen LogP contribution in [-0.2, 0) is 6.54 Å². The molecular weight excluding hydrogens is 214 g/mol. The van der Waals surface area contributed by atoms with E-state index in [0.29, 0.717) is 0 Å². The van der Waals surface area contributed by atoms with E-state index in [2.05, 4.69) is 49.5 Å². The molecule has 0 spiro atoms. The fraction of sp³-hybridized carbons (Fsp3) is 0.286. The highest BCUT2D eigenvalue weighted by Gasteiger charge is 2.03. The minimum atomic E-state index is 0.954. The van der Waals surface area contributed by atoms with Crippen LogP contribution in [0.4, 0.5) is 0 Å². The van der Waals surface area contributed by atoms with Crippen molar-refractivity contribution in [3.63, 3.8) is 0 Å². The number of aryl methyl sites for hydroxylation is 2. The van der Waals surface area contributed by atoms with Gasteiger partial charge in [-0.25, -0.2) is 0 Å².